The summed E-state index contributed by atoms with van der Waals surface area (Å²) in [5, 5.41) is 0. The second-order valence-electron chi connectivity index (χ2n) is 2.50. The van der Waals surface area contributed by atoms with Crippen molar-refractivity contribution >= 4 is 5.97 Å². The van der Waals surface area contributed by atoms with E-state index in [1.165, 1.54) is 12.3 Å². The van der Waals surface area contributed by atoms with Crippen LogP contribution in [0.1, 0.15) is 19.1 Å². The first-order valence-corrected chi connectivity index (χ1v) is 3.94. The van der Waals surface area contributed by atoms with Crippen LogP contribution >= 0.6 is 0 Å². The first-order chi connectivity index (χ1) is 6.15. The number of hydrogen-bond acceptors (Lipinski definition) is 4. The number of ether oxygens (including phenoxy) is 1. The molecular weight excluding hydrogens is 172 g/mol. The van der Waals surface area contributed by atoms with E-state index in [-0.39, 0.29) is 17.6 Å². The highest BCUT2D eigenvalue weighted by Gasteiger charge is 2.09. The van der Waals surface area contributed by atoms with E-state index < -0.39 is 5.97 Å². The molecule has 0 unspecified atom stereocenters. The Hall–Kier alpha value is -1.58. The summed E-state index contributed by atoms with van der Waals surface area (Å²) < 4.78 is 9.69. The fourth-order valence-corrected chi connectivity index (χ4v) is 0.809. The van der Waals surface area contributed by atoms with Gasteiger partial charge in [0.2, 0.25) is 11.2 Å². The summed E-state index contributed by atoms with van der Waals surface area (Å²) in [7, 11) is 0. The Labute approximate surface area is 75.1 Å². The molecule has 0 saturated heterocycles. The van der Waals surface area contributed by atoms with Crippen molar-refractivity contribution < 1.29 is 13.9 Å². The topological polar surface area (TPSA) is 56.5 Å². The van der Waals surface area contributed by atoms with E-state index in [0.717, 1.165) is 0 Å². The smallest absolute Gasteiger partial charge is 0.311 e. The zero-order valence-electron chi connectivity index (χ0n) is 7.49. The van der Waals surface area contributed by atoms with E-state index >= 15 is 0 Å². The van der Waals surface area contributed by atoms with Gasteiger partial charge in [-0.1, -0.05) is 6.92 Å². The standard InChI is InChI=1S/C9H10O4/c1-3-8(11)13-9-6(2)12-5-4-7(9)10/h4-5H,3H2,1-2H3. The maximum atomic E-state index is 11.2. The predicted molar refractivity (Wildman–Crippen MR) is 45.6 cm³/mol. The normalized spacial score (nSPS) is 9.69. The monoisotopic (exact) mass is 182 g/mol. The largest absolute Gasteiger partial charge is 0.465 e. The van der Waals surface area contributed by atoms with E-state index in [0.29, 0.717) is 5.76 Å². The Morgan fingerprint density at radius 1 is 1.62 bits per heavy atom. The molecular formula is C9H10O4. The van der Waals surface area contributed by atoms with E-state index in [1.54, 1.807) is 13.8 Å². The molecule has 1 aromatic heterocycles. The number of carbonyl (C=O) groups excluding carboxylic acids is 1. The molecule has 4 nitrogen and oxygen atoms in total. The molecule has 0 bridgehead atoms. The minimum absolute atomic E-state index is 0.0191. The SMILES string of the molecule is CCC(=O)Oc1c(C)occc1=O. The van der Waals surface area contributed by atoms with Gasteiger partial charge in [-0.3, -0.25) is 9.59 Å². The third-order valence-corrected chi connectivity index (χ3v) is 1.51. The Morgan fingerprint density at radius 3 is 2.85 bits per heavy atom. The molecule has 1 rings (SSSR count). The van der Waals surface area contributed by atoms with Crippen molar-refractivity contribution in [2.45, 2.75) is 20.3 Å². The summed E-state index contributed by atoms with van der Waals surface area (Å²) in [6.07, 6.45) is 1.49. The lowest BCUT2D eigenvalue weighted by molar-refractivity contribution is -0.134. The molecule has 0 amide bonds. The van der Waals surface area contributed by atoms with Crippen molar-refractivity contribution in [3.05, 3.63) is 28.3 Å². The molecule has 0 aliphatic heterocycles. The van der Waals surface area contributed by atoms with Crippen molar-refractivity contribution in [1.29, 1.82) is 0 Å². The molecule has 0 radical (unpaired) electrons. The van der Waals surface area contributed by atoms with Gasteiger partial charge in [0, 0.05) is 12.5 Å². The summed E-state index contributed by atoms with van der Waals surface area (Å²) in [6, 6.07) is 1.21. The average Bonchev–Trinajstić information content (AvgIpc) is 2.11. The number of esters is 1. The highest BCUT2D eigenvalue weighted by atomic mass is 16.5. The summed E-state index contributed by atoms with van der Waals surface area (Å²) in [4.78, 5) is 22.0. The molecule has 13 heavy (non-hydrogen) atoms. The lowest BCUT2D eigenvalue weighted by Gasteiger charge is -2.02. The van der Waals surface area contributed by atoms with Crippen LogP contribution in [0.3, 0.4) is 0 Å². The molecule has 0 aliphatic carbocycles. The molecule has 0 spiro atoms. The first kappa shape index (κ1) is 9.51. The van der Waals surface area contributed by atoms with Crippen LogP contribution in [-0.4, -0.2) is 5.97 Å². The highest BCUT2D eigenvalue weighted by molar-refractivity contribution is 5.72. The first-order valence-electron chi connectivity index (χ1n) is 3.94. The van der Waals surface area contributed by atoms with Crippen molar-refractivity contribution in [1.82, 2.24) is 0 Å². The van der Waals surface area contributed by atoms with Crippen LogP contribution in [0.15, 0.2) is 21.5 Å². The Kier molecular flexibility index (Phi) is 2.84. The molecule has 0 N–H and O–H groups in total. The van der Waals surface area contributed by atoms with Gasteiger partial charge < -0.3 is 9.15 Å². The van der Waals surface area contributed by atoms with Crippen LogP contribution in [0.2, 0.25) is 0 Å². The van der Waals surface area contributed by atoms with Crippen LogP contribution in [-0.2, 0) is 4.79 Å². The van der Waals surface area contributed by atoms with Crippen molar-refractivity contribution in [3.63, 3.8) is 0 Å². The minimum Gasteiger partial charge on any atom is -0.465 e. The lowest BCUT2D eigenvalue weighted by Crippen LogP contribution is -2.13. The predicted octanol–water partition coefficient (Wildman–Crippen LogP) is 1.26. The van der Waals surface area contributed by atoms with Gasteiger partial charge in [-0.25, -0.2) is 0 Å². The molecule has 0 saturated carbocycles. The summed E-state index contributed by atoms with van der Waals surface area (Å²) in [6.45, 7) is 3.22. The van der Waals surface area contributed by atoms with Crippen LogP contribution in [0.25, 0.3) is 0 Å². The molecule has 4 heteroatoms. The second kappa shape index (κ2) is 3.89. The average molecular weight is 182 g/mol. The number of carbonyl (C=O) groups is 1. The van der Waals surface area contributed by atoms with Crippen LogP contribution in [0, 0.1) is 6.92 Å². The third kappa shape index (κ3) is 2.18. The fraction of sp³-hybridized carbons (Fsp3) is 0.333. The van der Waals surface area contributed by atoms with Crippen LogP contribution in [0.5, 0.6) is 5.75 Å². The maximum Gasteiger partial charge on any atom is 0.311 e. The summed E-state index contributed by atoms with van der Waals surface area (Å²) in [5.41, 5.74) is -0.342. The van der Waals surface area contributed by atoms with Gasteiger partial charge in [0.1, 0.15) is 5.76 Å². The van der Waals surface area contributed by atoms with Crippen molar-refractivity contribution in [3.8, 4) is 5.75 Å². The van der Waals surface area contributed by atoms with Crippen molar-refractivity contribution in [2.24, 2.45) is 0 Å². The van der Waals surface area contributed by atoms with E-state index in [1.807, 2.05) is 0 Å². The van der Waals surface area contributed by atoms with E-state index in [9.17, 15) is 9.59 Å². The van der Waals surface area contributed by atoms with Gasteiger partial charge in [-0.15, -0.1) is 0 Å². The molecule has 0 aliphatic rings. The minimum atomic E-state index is -0.443. The molecule has 0 atom stereocenters. The van der Waals surface area contributed by atoms with E-state index in [2.05, 4.69) is 0 Å². The molecule has 0 fully saturated rings. The maximum absolute atomic E-state index is 11.2. The number of aryl methyl sites for hydroxylation is 1. The van der Waals surface area contributed by atoms with Gasteiger partial charge in [-0.2, -0.15) is 0 Å². The molecule has 0 aromatic carbocycles. The number of rotatable bonds is 2. The third-order valence-electron chi connectivity index (χ3n) is 1.51. The van der Waals surface area contributed by atoms with Gasteiger partial charge in [0.15, 0.2) is 0 Å². The molecule has 1 aromatic rings. The van der Waals surface area contributed by atoms with Gasteiger partial charge in [0.05, 0.1) is 6.26 Å². The Morgan fingerprint density at radius 2 is 2.31 bits per heavy atom. The quantitative estimate of drug-likeness (QED) is 0.646. The van der Waals surface area contributed by atoms with Gasteiger partial charge in [-0.05, 0) is 6.92 Å². The molecule has 1 heterocycles. The lowest BCUT2D eigenvalue weighted by atomic mass is 10.3. The Balaban J connectivity index is 3.00. The van der Waals surface area contributed by atoms with Gasteiger partial charge in [0.25, 0.3) is 0 Å². The summed E-state index contributed by atoms with van der Waals surface area (Å²) >= 11 is 0. The fourth-order valence-electron chi connectivity index (χ4n) is 0.809. The van der Waals surface area contributed by atoms with Gasteiger partial charge >= 0.3 is 5.97 Å². The molecule has 70 valence electrons. The zero-order valence-corrected chi connectivity index (χ0v) is 7.49. The highest BCUT2D eigenvalue weighted by Crippen LogP contribution is 2.10. The number of hydrogen-bond donors (Lipinski definition) is 0. The Bertz CT molecular complexity index is 364. The van der Waals surface area contributed by atoms with Crippen LogP contribution < -0.4 is 10.2 Å². The van der Waals surface area contributed by atoms with Crippen molar-refractivity contribution in [2.75, 3.05) is 0 Å². The van der Waals surface area contributed by atoms with Crippen LogP contribution in [0.4, 0.5) is 0 Å². The summed E-state index contributed by atoms with van der Waals surface area (Å²) in [5.74, 6) is -0.148. The second-order valence-corrected chi connectivity index (χ2v) is 2.50. The van der Waals surface area contributed by atoms with E-state index in [4.69, 9.17) is 9.15 Å². The zero-order chi connectivity index (χ0) is 9.84.